The summed E-state index contributed by atoms with van der Waals surface area (Å²) in [6, 6.07) is -0.00278. The van der Waals surface area contributed by atoms with Crippen LogP contribution in [0.5, 0.6) is 0 Å². The van der Waals surface area contributed by atoms with E-state index in [1.165, 1.54) is 0 Å². The van der Waals surface area contributed by atoms with Gasteiger partial charge in [0.15, 0.2) is 0 Å². The highest BCUT2D eigenvalue weighted by Gasteiger charge is 2.26. The molecular weight excluding hydrogens is 194 g/mol. The summed E-state index contributed by atoms with van der Waals surface area (Å²) in [6.45, 7) is 1.34. The predicted octanol–water partition coefficient (Wildman–Crippen LogP) is -1.08. The maximum atomic E-state index is 11.4. The summed E-state index contributed by atoms with van der Waals surface area (Å²) in [7, 11) is 1.90. The Kier molecular flexibility index (Phi) is 2.68. The summed E-state index contributed by atoms with van der Waals surface area (Å²) in [5.74, 6) is 1.04. The first kappa shape index (κ1) is 10.1. The molecule has 1 aromatic heterocycles. The fourth-order valence-electron chi connectivity index (χ4n) is 1.79. The number of carbonyl (C=O) groups is 1. The third kappa shape index (κ3) is 2.15. The molecule has 0 radical (unpaired) electrons. The Hall–Kier alpha value is -1.43. The van der Waals surface area contributed by atoms with Crippen molar-refractivity contribution in [2.24, 2.45) is 12.8 Å². The van der Waals surface area contributed by atoms with Crippen LogP contribution < -0.4 is 5.73 Å². The molecule has 6 heteroatoms. The lowest BCUT2D eigenvalue weighted by atomic mass is 10.3. The number of amides is 1. The highest BCUT2D eigenvalue weighted by Crippen LogP contribution is 2.09. The van der Waals surface area contributed by atoms with Crippen molar-refractivity contribution in [1.29, 1.82) is 0 Å². The van der Waals surface area contributed by atoms with Gasteiger partial charge in [-0.15, -0.1) is 10.2 Å². The molecule has 0 aliphatic carbocycles. The third-order valence-electron chi connectivity index (χ3n) is 2.65. The predicted molar refractivity (Wildman–Crippen MR) is 53.9 cm³/mol. The van der Waals surface area contributed by atoms with Crippen LogP contribution in [0.1, 0.15) is 12.2 Å². The Morgan fingerprint density at radius 3 is 3.00 bits per heavy atom. The highest BCUT2D eigenvalue weighted by atomic mass is 16.2. The van der Waals surface area contributed by atoms with Crippen molar-refractivity contribution in [3.05, 3.63) is 12.2 Å². The number of aryl methyl sites for hydroxylation is 1. The van der Waals surface area contributed by atoms with Crippen LogP contribution in [0.4, 0.5) is 0 Å². The first-order chi connectivity index (χ1) is 7.16. The number of likely N-dealkylation sites (tertiary alicyclic amines) is 1. The lowest BCUT2D eigenvalue weighted by Crippen LogP contribution is -2.30. The molecule has 82 valence electrons. The fourth-order valence-corrected chi connectivity index (χ4v) is 1.79. The molecule has 1 aliphatic heterocycles. The van der Waals surface area contributed by atoms with E-state index >= 15 is 0 Å². The molecule has 2 N–H and O–H groups in total. The number of hydrogen-bond acceptors (Lipinski definition) is 4. The first-order valence-electron chi connectivity index (χ1n) is 5.03. The standard InChI is InChI=1S/C9H15N5O/c1-13-6-11-12-8(13)2-3-14-5-7(10)4-9(14)15/h6-7H,2-5,10H2,1H3. The molecule has 15 heavy (non-hydrogen) atoms. The van der Waals surface area contributed by atoms with E-state index in [4.69, 9.17) is 5.73 Å². The molecule has 1 aliphatic rings. The second-order valence-corrected chi connectivity index (χ2v) is 3.91. The molecule has 0 bridgehead atoms. The van der Waals surface area contributed by atoms with E-state index in [2.05, 4.69) is 10.2 Å². The minimum Gasteiger partial charge on any atom is -0.341 e. The topological polar surface area (TPSA) is 77.0 Å². The average molecular weight is 209 g/mol. The van der Waals surface area contributed by atoms with Gasteiger partial charge in [-0.2, -0.15) is 0 Å². The number of rotatable bonds is 3. The minimum absolute atomic E-state index is 0.00278. The van der Waals surface area contributed by atoms with Crippen LogP contribution >= 0.6 is 0 Å². The third-order valence-corrected chi connectivity index (χ3v) is 2.65. The van der Waals surface area contributed by atoms with Crippen molar-refractivity contribution in [3.8, 4) is 0 Å². The highest BCUT2D eigenvalue weighted by molar-refractivity contribution is 5.79. The summed E-state index contributed by atoms with van der Waals surface area (Å²) in [5.41, 5.74) is 5.70. The van der Waals surface area contributed by atoms with Gasteiger partial charge in [-0.1, -0.05) is 0 Å². The van der Waals surface area contributed by atoms with Gasteiger partial charge in [-0.3, -0.25) is 4.79 Å². The zero-order chi connectivity index (χ0) is 10.8. The lowest BCUT2D eigenvalue weighted by molar-refractivity contribution is -0.127. The monoisotopic (exact) mass is 209 g/mol. The average Bonchev–Trinajstić information content (AvgIpc) is 2.70. The number of nitrogens with two attached hydrogens (primary N) is 1. The first-order valence-corrected chi connectivity index (χ1v) is 5.03. The number of hydrogen-bond donors (Lipinski definition) is 1. The van der Waals surface area contributed by atoms with Gasteiger partial charge in [0.1, 0.15) is 12.2 Å². The zero-order valence-corrected chi connectivity index (χ0v) is 8.76. The zero-order valence-electron chi connectivity index (χ0n) is 8.76. The molecular formula is C9H15N5O. The van der Waals surface area contributed by atoms with Crippen molar-refractivity contribution in [1.82, 2.24) is 19.7 Å². The molecule has 0 saturated carbocycles. The Morgan fingerprint density at radius 1 is 1.67 bits per heavy atom. The molecule has 1 atom stereocenters. The van der Waals surface area contributed by atoms with E-state index in [0.717, 1.165) is 12.2 Å². The van der Waals surface area contributed by atoms with Crippen LogP contribution in [-0.4, -0.2) is 44.7 Å². The van der Waals surface area contributed by atoms with E-state index in [1.54, 1.807) is 11.2 Å². The van der Waals surface area contributed by atoms with Gasteiger partial charge in [-0.25, -0.2) is 0 Å². The summed E-state index contributed by atoms with van der Waals surface area (Å²) < 4.78 is 1.86. The fraction of sp³-hybridized carbons (Fsp3) is 0.667. The Morgan fingerprint density at radius 2 is 2.47 bits per heavy atom. The van der Waals surface area contributed by atoms with E-state index in [9.17, 15) is 4.79 Å². The smallest absolute Gasteiger partial charge is 0.224 e. The van der Waals surface area contributed by atoms with Gasteiger partial charge >= 0.3 is 0 Å². The molecule has 0 aromatic carbocycles. The summed E-state index contributed by atoms with van der Waals surface area (Å²) in [6.07, 6.45) is 2.86. The molecule has 2 rings (SSSR count). The lowest BCUT2D eigenvalue weighted by Gasteiger charge is -2.14. The van der Waals surface area contributed by atoms with Gasteiger partial charge in [0.25, 0.3) is 0 Å². The van der Waals surface area contributed by atoms with Crippen LogP contribution in [0.15, 0.2) is 6.33 Å². The second-order valence-electron chi connectivity index (χ2n) is 3.91. The summed E-state index contributed by atoms with van der Waals surface area (Å²) >= 11 is 0. The maximum absolute atomic E-state index is 11.4. The van der Waals surface area contributed by atoms with E-state index in [-0.39, 0.29) is 11.9 Å². The van der Waals surface area contributed by atoms with E-state index in [1.807, 2.05) is 11.6 Å². The molecule has 1 amide bonds. The normalized spacial score (nSPS) is 21.3. The SMILES string of the molecule is Cn1cnnc1CCN1CC(N)CC1=O. The Labute approximate surface area is 88.1 Å². The Balaban J connectivity index is 1.89. The van der Waals surface area contributed by atoms with Crippen molar-refractivity contribution in [2.45, 2.75) is 18.9 Å². The number of carbonyl (C=O) groups excluding carboxylic acids is 1. The molecule has 1 unspecified atom stereocenters. The van der Waals surface area contributed by atoms with Crippen LogP contribution in [0.2, 0.25) is 0 Å². The van der Waals surface area contributed by atoms with Gasteiger partial charge in [0.05, 0.1) is 0 Å². The number of aromatic nitrogens is 3. The van der Waals surface area contributed by atoms with E-state index < -0.39 is 0 Å². The molecule has 1 fully saturated rings. The van der Waals surface area contributed by atoms with Gasteiger partial charge in [0.2, 0.25) is 5.91 Å². The van der Waals surface area contributed by atoms with Crippen molar-refractivity contribution >= 4 is 5.91 Å². The molecule has 1 saturated heterocycles. The quantitative estimate of drug-likeness (QED) is 0.686. The number of nitrogens with zero attached hydrogens (tertiary/aromatic N) is 4. The van der Waals surface area contributed by atoms with E-state index in [0.29, 0.717) is 19.5 Å². The minimum atomic E-state index is -0.00278. The maximum Gasteiger partial charge on any atom is 0.224 e. The van der Waals surface area contributed by atoms with Gasteiger partial charge in [-0.05, 0) is 0 Å². The van der Waals surface area contributed by atoms with Crippen LogP contribution in [-0.2, 0) is 18.3 Å². The van der Waals surface area contributed by atoms with Crippen molar-refractivity contribution in [3.63, 3.8) is 0 Å². The summed E-state index contributed by atoms with van der Waals surface area (Å²) in [4.78, 5) is 13.2. The molecule has 1 aromatic rings. The second kappa shape index (κ2) is 3.98. The van der Waals surface area contributed by atoms with Gasteiger partial charge < -0.3 is 15.2 Å². The van der Waals surface area contributed by atoms with Crippen LogP contribution in [0, 0.1) is 0 Å². The molecule has 6 nitrogen and oxygen atoms in total. The van der Waals surface area contributed by atoms with Crippen molar-refractivity contribution < 1.29 is 4.79 Å². The Bertz CT molecular complexity index is 361. The van der Waals surface area contributed by atoms with Crippen LogP contribution in [0.25, 0.3) is 0 Å². The van der Waals surface area contributed by atoms with Gasteiger partial charge in [0, 0.05) is 39.0 Å². The summed E-state index contributed by atoms with van der Waals surface area (Å²) in [5, 5.41) is 7.75. The van der Waals surface area contributed by atoms with Crippen molar-refractivity contribution in [2.75, 3.05) is 13.1 Å². The molecule has 0 spiro atoms. The largest absolute Gasteiger partial charge is 0.341 e. The van der Waals surface area contributed by atoms with Crippen LogP contribution in [0.3, 0.4) is 0 Å². The molecule has 2 heterocycles.